The van der Waals surface area contributed by atoms with Crippen LogP contribution in [0.4, 0.5) is 5.69 Å². The number of carbonyl (C=O) groups is 1. The van der Waals surface area contributed by atoms with Crippen LogP contribution in [0.15, 0.2) is 18.2 Å². The van der Waals surface area contributed by atoms with Gasteiger partial charge in [-0.05, 0) is 18.6 Å². The number of nitrogens with one attached hydrogen (secondary N) is 2. The summed E-state index contributed by atoms with van der Waals surface area (Å²) in [6.07, 6.45) is 0. The fourth-order valence-corrected chi connectivity index (χ4v) is 1.27. The molecule has 0 heterocycles. The van der Waals surface area contributed by atoms with Crippen LogP contribution in [0.2, 0.25) is 0 Å². The first-order valence-corrected chi connectivity index (χ1v) is 5.42. The zero-order valence-electron chi connectivity index (χ0n) is 10.1. The molecule has 0 bridgehead atoms. The van der Waals surface area contributed by atoms with Crippen molar-refractivity contribution < 1.29 is 14.6 Å². The van der Waals surface area contributed by atoms with Gasteiger partial charge >= 0.3 is 0 Å². The van der Waals surface area contributed by atoms with Crippen molar-refractivity contribution in [2.24, 2.45) is 0 Å². The summed E-state index contributed by atoms with van der Waals surface area (Å²) in [5, 5.41) is 15.1. The van der Waals surface area contributed by atoms with Crippen molar-refractivity contribution in [3.05, 3.63) is 23.8 Å². The van der Waals surface area contributed by atoms with Gasteiger partial charge in [-0.3, -0.25) is 4.79 Å². The zero-order valence-corrected chi connectivity index (χ0v) is 10.1. The molecule has 3 N–H and O–H groups in total. The maximum Gasteiger partial charge on any atom is 0.238 e. The van der Waals surface area contributed by atoms with E-state index in [0.717, 1.165) is 5.56 Å². The van der Waals surface area contributed by atoms with Gasteiger partial charge in [0.05, 0.1) is 13.2 Å². The fourth-order valence-electron chi connectivity index (χ4n) is 1.27. The first-order chi connectivity index (χ1) is 8.13. The second kappa shape index (κ2) is 6.88. The first kappa shape index (κ1) is 13.5. The molecule has 17 heavy (non-hydrogen) atoms. The molecule has 0 fully saturated rings. The van der Waals surface area contributed by atoms with Crippen molar-refractivity contribution in [1.29, 1.82) is 0 Å². The van der Waals surface area contributed by atoms with E-state index in [1.54, 1.807) is 26.2 Å². The molecule has 0 unspecified atom stereocenters. The molecular formula is C12H18N2O3. The number of methoxy groups -OCH3 is 1. The highest BCUT2D eigenvalue weighted by Crippen LogP contribution is 2.20. The van der Waals surface area contributed by atoms with Crippen LogP contribution in [-0.4, -0.2) is 37.8 Å². The Hall–Kier alpha value is -1.59. The number of aromatic hydroxyl groups is 1. The minimum atomic E-state index is -0.149. The summed E-state index contributed by atoms with van der Waals surface area (Å²) in [7, 11) is 1.61. The van der Waals surface area contributed by atoms with Crippen molar-refractivity contribution in [1.82, 2.24) is 5.32 Å². The smallest absolute Gasteiger partial charge is 0.238 e. The van der Waals surface area contributed by atoms with Gasteiger partial charge in [0, 0.05) is 25.4 Å². The number of phenolic OH excluding ortho intramolecular Hbond substituents is 1. The Balaban J connectivity index is 2.37. The van der Waals surface area contributed by atoms with Crippen molar-refractivity contribution in [2.45, 2.75) is 6.92 Å². The average molecular weight is 238 g/mol. The molecular weight excluding hydrogens is 220 g/mol. The summed E-state index contributed by atoms with van der Waals surface area (Å²) in [5.41, 5.74) is 1.37. The Bertz CT molecular complexity index is 380. The van der Waals surface area contributed by atoms with Crippen LogP contribution in [0.25, 0.3) is 0 Å². The van der Waals surface area contributed by atoms with Crippen LogP contribution in [0.5, 0.6) is 5.75 Å². The summed E-state index contributed by atoms with van der Waals surface area (Å²) in [6.45, 7) is 3.22. The van der Waals surface area contributed by atoms with Crippen LogP contribution in [0, 0.1) is 6.92 Å². The van der Waals surface area contributed by atoms with E-state index in [4.69, 9.17) is 4.74 Å². The molecule has 0 aromatic heterocycles. The summed E-state index contributed by atoms with van der Waals surface area (Å²) < 4.78 is 4.84. The lowest BCUT2D eigenvalue weighted by molar-refractivity contribution is -0.115. The maximum atomic E-state index is 11.5. The predicted molar refractivity (Wildman–Crippen MR) is 66.2 cm³/mol. The minimum absolute atomic E-state index is 0.149. The van der Waals surface area contributed by atoms with Crippen molar-refractivity contribution in [3.63, 3.8) is 0 Å². The molecule has 0 aliphatic heterocycles. The van der Waals surface area contributed by atoms with Gasteiger partial charge < -0.3 is 20.5 Å². The van der Waals surface area contributed by atoms with Gasteiger partial charge in [0.25, 0.3) is 0 Å². The second-order valence-electron chi connectivity index (χ2n) is 3.72. The van der Waals surface area contributed by atoms with Crippen molar-refractivity contribution in [2.75, 3.05) is 32.1 Å². The van der Waals surface area contributed by atoms with Gasteiger partial charge in [0.1, 0.15) is 5.75 Å². The SMILES string of the molecule is COCCNCC(=O)Nc1ccc(C)c(O)c1. The lowest BCUT2D eigenvalue weighted by Gasteiger charge is -2.07. The Morgan fingerprint density at radius 1 is 1.47 bits per heavy atom. The second-order valence-corrected chi connectivity index (χ2v) is 3.72. The number of benzene rings is 1. The first-order valence-electron chi connectivity index (χ1n) is 5.42. The highest BCUT2D eigenvalue weighted by Gasteiger charge is 2.03. The number of ether oxygens (including phenoxy) is 1. The van der Waals surface area contributed by atoms with E-state index in [9.17, 15) is 9.90 Å². The number of aryl methyl sites for hydroxylation is 1. The van der Waals surface area contributed by atoms with Crippen LogP contribution >= 0.6 is 0 Å². The van der Waals surface area contributed by atoms with Crippen LogP contribution in [0.1, 0.15) is 5.56 Å². The highest BCUT2D eigenvalue weighted by atomic mass is 16.5. The Morgan fingerprint density at radius 2 is 2.24 bits per heavy atom. The van der Waals surface area contributed by atoms with Gasteiger partial charge in [-0.1, -0.05) is 6.07 Å². The topological polar surface area (TPSA) is 70.6 Å². The van der Waals surface area contributed by atoms with Gasteiger partial charge in [-0.25, -0.2) is 0 Å². The molecule has 0 saturated heterocycles. The van der Waals surface area contributed by atoms with Crippen LogP contribution in [-0.2, 0) is 9.53 Å². The Morgan fingerprint density at radius 3 is 2.88 bits per heavy atom. The fraction of sp³-hybridized carbons (Fsp3) is 0.417. The molecule has 0 spiro atoms. The standard InChI is InChI=1S/C12H18N2O3/c1-9-3-4-10(7-11(9)15)14-12(16)8-13-5-6-17-2/h3-4,7,13,15H,5-6,8H2,1-2H3,(H,14,16). The number of hydrogen-bond acceptors (Lipinski definition) is 4. The molecule has 1 amide bonds. The monoisotopic (exact) mass is 238 g/mol. The highest BCUT2D eigenvalue weighted by molar-refractivity contribution is 5.92. The molecule has 0 saturated carbocycles. The quantitative estimate of drug-likeness (QED) is 0.643. The lowest BCUT2D eigenvalue weighted by Crippen LogP contribution is -2.30. The molecule has 5 heteroatoms. The predicted octanol–water partition coefficient (Wildman–Crippen LogP) is 0.875. The van der Waals surface area contributed by atoms with Crippen LogP contribution in [0.3, 0.4) is 0 Å². The van der Waals surface area contributed by atoms with E-state index in [-0.39, 0.29) is 18.2 Å². The molecule has 94 valence electrons. The molecule has 1 rings (SSSR count). The van der Waals surface area contributed by atoms with Gasteiger partial charge in [0.2, 0.25) is 5.91 Å². The normalized spacial score (nSPS) is 10.2. The largest absolute Gasteiger partial charge is 0.508 e. The van der Waals surface area contributed by atoms with E-state index in [1.165, 1.54) is 6.07 Å². The van der Waals surface area contributed by atoms with E-state index < -0.39 is 0 Å². The number of amides is 1. The van der Waals surface area contributed by atoms with Crippen molar-refractivity contribution in [3.8, 4) is 5.75 Å². The summed E-state index contributed by atoms with van der Waals surface area (Å²) in [4.78, 5) is 11.5. The number of phenols is 1. The molecule has 0 aliphatic carbocycles. The third kappa shape index (κ3) is 4.84. The minimum Gasteiger partial charge on any atom is -0.508 e. The number of carbonyl (C=O) groups excluding carboxylic acids is 1. The summed E-state index contributed by atoms with van der Waals surface area (Å²) in [5.74, 6) is 0.0273. The third-order valence-electron chi connectivity index (χ3n) is 2.26. The molecule has 0 atom stereocenters. The third-order valence-corrected chi connectivity index (χ3v) is 2.26. The van der Waals surface area contributed by atoms with E-state index in [2.05, 4.69) is 10.6 Å². The Labute approximate surface area is 101 Å². The summed E-state index contributed by atoms with van der Waals surface area (Å²) >= 11 is 0. The van der Waals surface area contributed by atoms with Gasteiger partial charge in [-0.15, -0.1) is 0 Å². The van der Waals surface area contributed by atoms with Gasteiger partial charge in [-0.2, -0.15) is 0 Å². The molecule has 1 aromatic rings. The number of hydrogen-bond donors (Lipinski definition) is 3. The van der Waals surface area contributed by atoms with Crippen LogP contribution < -0.4 is 10.6 Å². The zero-order chi connectivity index (χ0) is 12.7. The van der Waals surface area contributed by atoms with E-state index >= 15 is 0 Å². The van der Waals surface area contributed by atoms with Gasteiger partial charge in [0.15, 0.2) is 0 Å². The number of anilines is 1. The molecule has 0 radical (unpaired) electrons. The number of rotatable bonds is 6. The van der Waals surface area contributed by atoms with E-state index in [0.29, 0.717) is 18.8 Å². The maximum absolute atomic E-state index is 11.5. The van der Waals surface area contributed by atoms with Crippen molar-refractivity contribution >= 4 is 11.6 Å². The average Bonchev–Trinajstić information content (AvgIpc) is 2.30. The molecule has 1 aromatic carbocycles. The summed E-state index contributed by atoms with van der Waals surface area (Å²) in [6, 6.07) is 5.04. The lowest BCUT2D eigenvalue weighted by atomic mass is 10.2. The molecule has 5 nitrogen and oxygen atoms in total. The Kier molecular flexibility index (Phi) is 5.45. The molecule has 0 aliphatic rings. The van der Waals surface area contributed by atoms with E-state index in [1.807, 2.05) is 0 Å².